The zero-order valence-electron chi connectivity index (χ0n) is 11.3. The van der Waals surface area contributed by atoms with Crippen LogP contribution in [0.4, 0.5) is 0 Å². The van der Waals surface area contributed by atoms with Gasteiger partial charge in [0.1, 0.15) is 0 Å². The Kier molecular flexibility index (Phi) is 5.11. The van der Waals surface area contributed by atoms with Crippen LogP contribution in [-0.2, 0) is 11.2 Å². The third kappa shape index (κ3) is 4.05. The second-order valence-electron chi connectivity index (χ2n) is 5.07. The van der Waals surface area contributed by atoms with Crippen LogP contribution in [0.2, 0.25) is 0 Å². The molecule has 2 unspecified atom stereocenters. The van der Waals surface area contributed by atoms with Crippen LogP contribution < -0.4 is 5.32 Å². The molecule has 1 aromatic rings. The molecular weight excluding hydrogens is 226 g/mol. The van der Waals surface area contributed by atoms with Crippen LogP contribution in [0.15, 0.2) is 24.5 Å². The maximum Gasteiger partial charge on any atom is 0.0711 e. The fourth-order valence-corrected chi connectivity index (χ4v) is 2.44. The molecular formula is C14H23N3O. The maximum absolute atomic E-state index is 5.36. The predicted molar refractivity (Wildman–Crippen MR) is 72.6 cm³/mol. The second kappa shape index (κ2) is 6.83. The molecule has 2 rings (SSSR count). The van der Waals surface area contributed by atoms with Crippen molar-refractivity contribution in [3.05, 3.63) is 30.1 Å². The van der Waals surface area contributed by atoms with Crippen molar-refractivity contribution in [3.63, 3.8) is 0 Å². The van der Waals surface area contributed by atoms with Gasteiger partial charge in [-0.1, -0.05) is 0 Å². The van der Waals surface area contributed by atoms with E-state index in [4.69, 9.17) is 4.74 Å². The Bertz CT molecular complexity index is 344. The minimum Gasteiger partial charge on any atom is -0.380 e. The summed E-state index contributed by atoms with van der Waals surface area (Å²) in [4.78, 5) is 6.42. The highest BCUT2D eigenvalue weighted by Crippen LogP contribution is 2.10. The van der Waals surface area contributed by atoms with E-state index in [0.717, 1.165) is 32.5 Å². The lowest BCUT2D eigenvalue weighted by Crippen LogP contribution is -2.36. The number of ether oxygens (including phenoxy) is 1. The largest absolute Gasteiger partial charge is 0.380 e. The summed E-state index contributed by atoms with van der Waals surface area (Å²) < 4.78 is 5.36. The number of methoxy groups -OCH3 is 1. The monoisotopic (exact) mass is 249 g/mol. The Hall–Kier alpha value is -0.970. The summed E-state index contributed by atoms with van der Waals surface area (Å²) in [7, 11) is 3.98. The Morgan fingerprint density at radius 1 is 1.44 bits per heavy atom. The minimum atomic E-state index is 0.392. The lowest BCUT2D eigenvalue weighted by Gasteiger charge is -2.21. The molecule has 0 aromatic carbocycles. The van der Waals surface area contributed by atoms with Crippen molar-refractivity contribution in [2.24, 2.45) is 0 Å². The summed E-state index contributed by atoms with van der Waals surface area (Å²) in [6.45, 7) is 3.16. The van der Waals surface area contributed by atoms with Gasteiger partial charge >= 0.3 is 0 Å². The first-order valence-corrected chi connectivity index (χ1v) is 6.61. The van der Waals surface area contributed by atoms with E-state index >= 15 is 0 Å². The summed E-state index contributed by atoms with van der Waals surface area (Å²) in [5.41, 5.74) is 1.35. The second-order valence-corrected chi connectivity index (χ2v) is 5.07. The summed E-state index contributed by atoms with van der Waals surface area (Å²) in [6, 6.07) is 4.74. The Labute approximate surface area is 109 Å². The van der Waals surface area contributed by atoms with Gasteiger partial charge in [-0.3, -0.25) is 4.98 Å². The maximum atomic E-state index is 5.36. The molecule has 1 aliphatic heterocycles. The van der Waals surface area contributed by atoms with Gasteiger partial charge in [0.05, 0.1) is 6.10 Å². The van der Waals surface area contributed by atoms with Gasteiger partial charge < -0.3 is 15.0 Å². The lowest BCUT2D eigenvalue weighted by atomic mass is 10.1. The molecule has 1 aromatic heterocycles. The molecule has 0 saturated carbocycles. The molecule has 0 aliphatic carbocycles. The van der Waals surface area contributed by atoms with Crippen molar-refractivity contribution < 1.29 is 4.74 Å². The Morgan fingerprint density at radius 3 is 2.89 bits per heavy atom. The summed E-state index contributed by atoms with van der Waals surface area (Å²) in [5, 5.41) is 3.51. The number of nitrogens with one attached hydrogen (secondary N) is 1. The van der Waals surface area contributed by atoms with E-state index in [1.54, 1.807) is 7.11 Å². The first-order valence-electron chi connectivity index (χ1n) is 6.61. The molecule has 1 fully saturated rings. The van der Waals surface area contributed by atoms with Crippen molar-refractivity contribution in [1.29, 1.82) is 0 Å². The highest BCUT2D eigenvalue weighted by Gasteiger charge is 2.24. The average molecular weight is 249 g/mol. The van der Waals surface area contributed by atoms with Crippen molar-refractivity contribution in [3.8, 4) is 0 Å². The van der Waals surface area contributed by atoms with Crippen molar-refractivity contribution in [2.75, 3.05) is 33.8 Å². The van der Waals surface area contributed by atoms with Crippen LogP contribution in [0.1, 0.15) is 12.0 Å². The van der Waals surface area contributed by atoms with Crippen LogP contribution in [-0.4, -0.2) is 55.8 Å². The number of pyridine rings is 1. The van der Waals surface area contributed by atoms with Gasteiger partial charge in [0.25, 0.3) is 0 Å². The molecule has 0 bridgehead atoms. The third-order valence-electron chi connectivity index (χ3n) is 3.58. The van der Waals surface area contributed by atoms with Crippen molar-refractivity contribution >= 4 is 0 Å². The minimum absolute atomic E-state index is 0.392. The molecule has 0 spiro atoms. The topological polar surface area (TPSA) is 37.4 Å². The average Bonchev–Trinajstić information content (AvgIpc) is 2.85. The Balaban J connectivity index is 1.68. The van der Waals surface area contributed by atoms with E-state index in [-0.39, 0.29) is 0 Å². The van der Waals surface area contributed by atoms with Gasteiger partial charge in [-0.2, -0.15) is 0 Å². The summed E-state index contributed by atoms with van der Waals surface area (Å²) in [6.07, 6.45) is 6.31. The van der Waals surface area contributed by atoms with Crippen LogP contribution in [0, 0.1) is 0 Å². The van der Waals surface area contributed by atoms with Gasteiger partial charge in [-0.15, -0.1) is 0 Å². The van der Waals surface area contributed by atoms with Crippen LogP contribution in [0.3, 0.4) is 0 Å². The van der Waals surface area contributed by atoms with E-state index in [9.17, 15) is 0 Å². The van der Waals surface area contributed by atoms with Gasteiger partial charge in [0.15, 0.2) is 0 Å². The third-order valence-corrected chi connectivity index (χ3v) is 3.58. The Morgan fingerprint density at radius 2 is 2.22 bits per heavy atom. The SMILES string of the molecule is COC1CNC(CN(C)CCc2ccncc2)C1. The van der Waals surface area contributed by atoms with E-state index in [0.29, 0.717) is 12.1 Å². The van der Waals surface area contributed by atoms with Gasteiger partial charge in [-0.05, 0) is 37.6 Å². The number of hydrogen-bond donors (Lipinski definition) is 1. The summed E-state index contributed by atoms with van der Waals surface area (Å²) >= 11 is 0. The highest BCUT2D eigenvalue weighted by atomic mass is 16.5. The molecule has 0 radical (unpaired) electrons. The number of nitrogens with zero attached hydrogens (tertiary/aromatic N) is 2. The molecule has 1 aliphatic rings. The normalized spacial score (nSPS) is 23.7. The zero-order valence-corrected chi connectivity index (χ0v) is 11.3. The predicted octanol–water partition coefficient (Wildman–Crippen LogP) is 0.933. The molecule has 2 atom stereocenters. The lowest BCUT2D eigenvalue weighted by molar-refractivity contribution is 0.116. The van der Waals surface area contributed by atoms with E-state index in [2.05, 4.69) is 34.4 Å². The number of likely N-dealkylation sites (N-methyl/N-ethyl adjacent to an activating group) is 1. The quantitative estimate of drug-likeness (QED) is 0.814. The molecule has 2 heterocycles. The van der Waals surface area contributed by atoms with Gasteiger partial charge in [0.2, 0.25) is 0 Å². The first kappa shape index (κ1) is 13.5. The fraction of sp³-hybridized carbons (Fsp3) is 0.643. The van der Waals surface area contributed by atoms with Gasteiger partial charge in [-0.25, -0.2) is 0 Å². The number of hydrogen-bond acceptors (Lipinski definition) is 4. The number of rotatable bonds is 6. The van der Waals surface area contributed by atoms with Crippen LogP contribution in [0.5, 0.6) is 0 Å². The van der Waals surface area contributed by atoms with Crippen molar-refractivity contribution in [2.45, 2.75) is 25.0 Å². The number of aromatic nitrogens is 1. The van der Waals surface area contributed by atoms with E-state index in [1.165, 1.54) is 5.56 Å². The van der Waals surface area contributed by atoms with Crippen LogP contribution >= 0.6 is 0 Å². The molecule has 18 heavy (non-hydrogen) atoms. The molecule has 100 valence electrons. The van der Waals surface area contributed by atoms with Gasteiger partial charge in [0, 0.05) is 45.2 Å². The first-order chi connectivity index (χ1) is 8.78. The molecule has 4 heteroatoms. The zero-order chi connectivity index (χ0) is 12.8. The molecule has 1 saturated heterocycles. The van der Waals surface area contributed by atoms with Crippen molar-refractivity contribution in [1.82, 2.24) is 15.2 Å². The standard InChI is InChI=1S/C14H23N3O/c1-17(8-5-12-3-6-15-7-4-12)11-13-9-14(18-2)10-16-13/h3-4,6-7,13-14,16H,5,8-11H2,1-2H3. The molecule has 4 nitrogen and oxygen atoms in total. The molecule has 1 N–H and O–H groups in total. The summed E-state index contributed by atoms with van der Waals surface area (Å²) in [5.74, 6) is 0. The molecule has 0 amide bonds. The van der Waals surface area contributed by atoms with E-state index in [1.807, 2.05) is 12.4 Å². The smallest absolute Gasteiger partial charge is 0.0711 e. The highest BCUT2D eigenvalue weighted by molar-refractivity contribution is 5.09. The van der Waals surface area contributed by atoms with E-state index < -0.39 is 0 Å². The fourth-order valence-electron chi connectivity index (χ4n) is 2.44. The van der Waals surface area contributed by atoms with Crippen LogP contribution in [0.25, 0.3) is 0 Å².